The van der Waals surface area contributed by atoms with E-state index in [1.54, 1.807) is 52.1 Å². The van der Waals surface area contributed by atoms with Crippen molar-refractivity contribution in [3.8, 4) is 0 Å². The van der Waals surface area contributed by atoms with E-state index >= 15 is 0 Å². The predicted molar refractivity (Wildman–Crippen MR) is 102 cm³/mol. The molecule has 28 heavy (non-hydrogen) atoms. The minimum Gasteiger partial charge on any atom is -0.444 e. The molecule has 2 fully saturated rings. The highest BCUT2D eigenvalue weighted by molar-refractivity contribution is 6.30. The fraction of sp³-hybridized carbons (Fsp3) is 0.600. The van der Waals surface area contributed by atoms with Crippen LogP contribution in [0.25, 0.3) is 0 Å². The third-order valence-corrected chi connectivity index (χ3v) is 5.42. The summed E-state index contributed by atoms with van der Waals surface area (Å²) in [5, 5.41) is 0.619. The summed E-state index contributed by atoms with van der Waals surface area (Å²) in [7, 11) is 1.58. The molecule has 3 rings (SSSR count). The molecule has 1 saturated heterocycles. The summed E-state index contributed by atoms with van der Waals surface area (Å²) >= 11 is 5.93. The van der Waals surface area contributed by atoms with Gasteiger partial charge in [0, 0.05) is 23.6 Å². The molecule has 0 spiro atoms. The second-order valence-corrected chi connectivity index (χ2v) is 9.05. The van der Waals surface area contributed by atoms with E-state index in [1.165, 1.54) is 4.90 Å². The molecule has 0 aromatic heterocycles. The quantitative estimate of drug-likeness (QED) is 0.686. The zero-order chi connectivity index (χ0) is 20.7. The fourth-order valence-corrected chi connectivity index (χ4v) is 4.16. The number of halogens is 2. The first-order valence-corrected chi connectivity index (χ1v) is 9.66. The van der Waals surface area contributed by atoms with Crippen LogP contribution in [0.1, 0.15) is 39.2 Å². The Balaban J connectivity index is 1.77. The van der Waals surface area contributed by atoms with Gasteiger partial charge >= 0.3 is 6.09 Å². The lowest BCUT2D eigenvalue weighted by Gasteiger charge is -2.30. The molecule has 0 N–H and O–H groups in total. The summed E-state index contributed by atoms with van der Waals surface area (Å²) in [5.74, 6) is -0.756. The zero-order valence-corrected chi connectivity index (χ0v) is 17.3. The first-order valence-electron chi connectivity index (χ1n) is 9.28. The van der Waals surface area contributed by atoms with Crippen molar-refractivity contribution in [2.24, 2.45) is 5.41 Å². The van der Waals surface area contributed by atoms with Crippen LogP contribution in [0.5, 0.6) is 0 Å². The molecule has 2 aliphatic rings. The van der Waals surface area contributed by atoms with Gasteiger partial charge in [0.2, 0.25) is 0 Å². The van der Waals surface area contributed by atoms with Crippen LogP contribution in [-0.4, -0.2) is 53.4 Å². The molecule has 2 amide bonds. The van der Waals surface area contributed by atoms with Crippen LogP contribution < -0.4 is 0 Å². The molecule has 1 aromatic rings. The molecule has 6 nitrogen and oxygen atoms in total. The normalized spacial score (nSPS) is 26.0. The fourth-order valence-electron chi connectivity index (χ4n) is 3.95. The second kappa shape index (κ2) is 7.52. The van der Waals surface area contributed by atoms with Gasteiger partial charge in [0.1, 0.15) is 11.6 Å². The van der Waals surface area contributed by atoms with Gasteiger partial charge in [-0.2, -0.15) is 5.12 Å². The SMILES string of the molecule is COC[C@@]12C[C@@H]1N(C(=O)OC(C)(C)C)[C@H](C(=O)N(F)Cc1cccc(Cl)c1)C2. The number of piperidine rings is 1. The number of ether oxygens (including phenoxy) is 2. The van der Waals surface area contributed by atoms with Crippen LogP contribution in [0.3, 0.4) is 0 Å². The molecule has 1 aliphatic heterocycles. The van der Waals surface area contributed by atoms with Crippen molar-refractivity contribution in [1.29, 1.82) is 0 Å². The highest BCUT2D eigenvalue weighted by Crippen LogP contribution is 2.60. The Hall–Kier alpha value is -1.86. The van der Waals surface area contributed by atoms with Crippen LogP contribution in [0.15, 0.2) is 24.3 Å². The lowest BCUT2D eigenvalue weighted by atomic mass is 10.00. The van der Waals surface area contributed by atoms with Crippen molar-refractivity contribution in [3.63, 3.8) is 0 Å². The van der Waals surface area contributed by atoms with E-state index in [1.807, 2.05) is 0 Å². The molecule has 1 heterocycles. The van der Waals surface area contributed by atoms with Crippen molar-refractivity contribution in [3.05, 3.63) is 34.9 Å². The lowest BCUT2D eigenvalue weighted by Crippen LogP contribution is -2.48. The number of fused-ring (bicyclic) bond motifs is 1. The first-order chi connectivity index (χ1) is 13.1. The van der Waals surface area contributed by atoms with E-state index < -0.39 is 23.6 Å². The zero-order valence-electron chi connectivity index (χ0n) is 16.6. The van der Waals surface area contributed by atoms with Gasteiger partial charge in [0.15, 0.2) is 0 Å². The Morgan fingerprint density at radius 3 is 2.68 bits per heavy atom. The molecule has 0 bridgehead atoms. The minimum atomic E-state index is -0.909. The Labute approximate surface area is 169 Å². The van der Waals surface area contributed by atoms with Gasteiger partial charge in [-0.05, 0) is 51.3 Å². The predicted octanol–water partition coefficient (Wildman–Crippen LogP) is 3.97. The summed E-state index contributed by atoms with van der Waals surface area (Å²) < 4.78 is 25.5. The summed E-state index contributed by atoms with van der Waals surface area (Å²) in [6, 6.07) is 5.59. The molecule has 1 saturated carbocycles. The number of nitrogens with zero attached hydrogens (tertiary/aromatic N) is 2. The maximum absolute atomic E-state index is 14.7. The van der Waals surface area contributed by atoms with Crippen LogP contribution in [0.2, 0.25) is 5.02 Å². The molecule has 8 heteroatoms. The smallest absolute Gasteiger partial charge is 0.411 e. The molecule has 1 aromatic carbocycles. The molecule has 1 aliphatic carbocycles. The van der Waals surface area contributed by atoms with Crippen LogP contribution in [0, 0.1) is 5.41 Å². The van der Waals surface area contributed by atoms with Crippen molar-refractivity contribution < 1.29 is 23.5 Å². The lowest BCUT2D eigenvalue weighted by molar-refractivity contribution is -0.153. The first kappa shape index (κ1) is 20.9. The van der Waals surface area contributed by atoms with Crippen molar-refractivity contribution >= 4 is 23.6 Å². The third-order valence-electron chi connectivity index (χ3n) is 5.19. The van der Waals surface area contributed by atoms with E-state index in [9.17, 15) is 14.1 Å². The molecular formula is C20H26ClFN2O4. The maximum Gasteiger partial charge on any atom is 0.411 e. The largest absolute Gasteiger partial charge is 0.444 e. The number of rotatable bonds is 5. The monoisotopic (exact) mass is 412 g/mol. The van der Waals surface area contributed by atoms with Crippen molar-refractivity contribution in [2.75, 3.05) is 13.7 Å². The topological polar surface area (TPSA) is 59.1 Å². The summed E-state index contributed by atoms with van der Waals surface area (Å²) in [6.07, 6.45) is 0.492. The van der Waals surface area contributed by atoms with Crippen LogP contribution >= 0.6 is 11.6 Å². The minimum absolute atomic E-state index is 0.152. The van der Waals surface area contributed by atoms with Gasteiger partial charge in [-0.1, -0.05) is 28.2 Å². The van der Waals surface area contributed by atoms with E-state index in [2.05, 4.69) is 0 Å². The number of hydrogen-bond acceptors (Lipinski definition) is 4. The Kier molecular flexibility index (Phi) is 5.60. The van der Waals surface area contributed by atoms with Crippen molar-refractivity contribution in [2.45, 2.75) is 57.8 Å². The van der Waals surface area contributed by atoms with E-state index in [-0.39, 0.29) is 23.1 Å². The third kappa shape index (κ3) is 4.25. The summed E-state index contributed by atoms with van der Waals surface area (Å²) in [6.45, 7) is 5.45. The van der Waals surface area contributed by atoms with E-state index in [4.69, 9.17) is 21.1 Å². The van der Waals surface area contributed by atoms with Gasteiger partial charge in [-0.15, -0.1) is 0 Å². The summed E-state index contributed by atoms with van der Waals surface area (Å²) in [4.78, 5) is 27.0. The van der Waals surface area contributed by atoms with Gasteiger partial charge in [-0.3, -0.25) is 9.69 Å². The number of amides is 2. The maximum atomic E-state index is 14.7. The number of hydrogen-bond donors (Lipinski definition) is 0. The van der Waals surface area contributed by atoms with Gasteiger partial charge in [-0.25, -0.2) is 4.79 Å². The summed E-state index contributed by atoms with van der Waals surface area (Å²) in [5.41, 5.74) is -0.438. The van der Waals surface area contributed by atoms with Crippen molar-refractivity contribution in [1.82, 2.24) is 10.0 Å². The number of benzene rings is 1. The van der Waals surface area contributed by atoms with Crippen LogP contribution in [0.4, 0.5) is 9.28 Å². The van der Waals surface area contributed by atoms with Crippen LogP contribution in [-0.2, 0) is 20.8 Å². The molecule has 0 radical (unpaired) electrons. The van der Waals surface area contributed by atoms with Gasteiger partial charge in [0.25, 0.3) is 5.91 Å². The molecule has 3 atom stereocenters. The van der Waals surface area contributed by atoms with Gasteiger partial charge in [0.05, 0.1) is 13.2 Å². The highest BCUT2D eigenvalue weighted by atomic mass is 35.5. The Bertz CT molecular complexity index is 769. The average molecular weight is 413 g/mol. The van der Waals surface area contributed by atoms with E-state index in [0.29, 0.717) is 23.6 Å². The number of methoxy groups -OCH3 is 1. The molecule has 0 unspecified atom stereocenters. The second-order valence-electron chi connectivity index (χ2n) is 8.61. The number of likely N-dealkylation sites (tertiary alicyclic amines) is 1. The van der Waals surface area contributed by atoms with Gasteiger partial charge < -0.3 is 9.47 Å². The highest BCUT2D eigenvalue weighted by Gasteiger charge is 2.68. The molecular weight excluding hydrogens is 387 g/mol. The van der Waals surface area contributed by atoms with E-state index in [0.717, 1.165) is 6.42 Å². The number of carbonyl (C=O) groups is 2. The number of carbonyl (C=O) groups excluding carboxylic acids is 2. The Morgan fingerprint density at radius 2 is 2.07 bits per heavy atom. The standard InChI is InChI=1S/C20H26ClFN2O4/c1-19(2,3)28-18(26)24-15(9-20(12-27-4)10-16(20)24)17(25)23(22)11-13-6-5-7-14(21)8-13/h5-8,15-16H,9-12H2,1-4H3/t15-,16-,20+/m0/s1. The average Bonchev–Trinajstić information content (AvgIpc) is 3.16. The Morgan fingerprint density at radius 1 is 1.36 bits per heavy atom. The molecule has 154 valence electrons.